The van der Waals surface area contributed by atoms with Crippen LogP contribution in [0.25, 0.3) is 0 Å². The fraction of sp³-hybridized carbons (Fsp3) is 0.714. The zero-order valence-electron chi connectivity index (χ0n) is 12.5. The van der Waals surface area contributed by atoms with Crippen LogP contribution >= 0.6 is 0 Å². The molecule has 0 N–H and O–H groups in total. The molecule has 0 amide bonds. The summed E-state index contributed by atoms with van der Waals surface area (Å²) in [4.78, 5) is 0. The molecule has 2 fully saturated rings. The molecule has 0 spiro atoms. The molecule has 0 bridgehead atoms. The summed E-state index contributed by atoms with van der Waals surface area (Å²) < 4.78 is 27.8. The minimum Gasteiger partial charge on any atom is -0.359 e. The zero-order chi connectivity index (χ0) is 15.6. The average Bonchev–Trinajstić information content (AvgIpc) is 2.89. The second-order valence-electron chi connectivity index (χ2n) is 5.34. The molecule has 114 valence electrons. The number of nitriles is 2. The summed E-state index contributed by atoms with van der Waals surface area (Å²) >= 11 is 0. The summed E-state index contributed by atoms with van der Waals surface area (Å²) in [7, 11) is 1.51. The lowest BCUT2D eigenvalue weighted by Crippen LogP contribution is -2.38. The lowest BCUT2D eigenvalue weighted by atomic mass is 10.00. The van der Waals surface area contributed by atoms with Crippen molar-refractivity contribution in [2.45, 2.75) is 51.2 Å². The number of hydrogen-bond acceptors (Lipinski definition) is 7. The van der Waals surface area contributed by atoms with Crippen molar-refractivity contribution in [1.29, 1.82) is 10.5 Å². The van der Waals surface area contributed by atoms with Crippen molar-refractivity contribution in [3.05, 3.63) is 11.1 Å². The lowest BCUT2D eigenvalue weighted by Gasteiger charge is -2.26. The Balaban J connectivity index is 2.26. The molecule has 2 rings (SSSR count). The van der Waals surface area contributed by atoms with E-state index in [0.29, 0.717) is 5.57 Å². The monoisotopic (exact) mass is 294 g/mol. The van der Waals surface area contributed by atoms with Gasteiger partial charge in [-0.3, -0.25) is 0 Å². The highest BCUT2D eigenvalue weighted by atomic mass is 16.8. The van der Waals surface area contributed by atoms with Crippen LogP contribution in [0.5, 0.6) is 0 Å². The largest absolute Gasteiger partial charge is 0.359 e. The van der Waals surface area contributed by atoms with Crippen LogP contribution in [0.4, 0.5) is 0 Å². The van der Waals surface area contributed by atoms with E-state index in [1.54, 1.807) is 20.8 Å². The first-order valence-corrected chi connectivity index (χ1v) is 6.56. The maximum absolute atomic E-state index is 8.99. The van der Waals surface area contributed by atoms with Crippen molar-refractivity contribution in [3.63, 3.8) is 0 Å². The molecular formula is C14H18N2O5. The molecule has 2 heterocycles. The van der Waals surface area contributed by atoms with Crippen LogP contribution in [0.15, 0.2) is 11.1 Å². The molecule has 0 aromatic heterocycles. The highest BCUT2D eigenvalue weighted by Gasteiger charge is 2.56. The molecule has 7 heteroatoms. The summed E-state index contributed by atoms with van der Waals surface area (Å²) in [5, 5.41) is 18.0. The molecular weight excluding hydrogens is 276 g/mol. The maximum Gasteiger partial charge on any atom is 0.190 e. The summed E-state index contributed by atoms with van der Waals surface area (Å²) in [6.45, 7) is 5.30. The Morgan fingerprint density at radius 1 is 1.24 bits per heavy atom. The highest BCUT2D eigenvalue weighted by Crippen LogP contribution is 2.41. The Hall–Kier alpha value is -1.48. The molecule has 0 saturated carbocycles. The number of methoxy groups -OCH3 is 1. The Morgan fingerprint density at radius 3 is 2.48 bits per heavy atom. The Morgan fingerprint density at radius 2 is 1.90 bits per heavy atom. The van der Waals surface area contributed by atoms with Gasteiger partial charge in [0.05, 0.1) is 0 Å². The van der Waals surface area contributed by atoms with Gasteiger partial charge in [-0.25, -0.2) is 0 Å². The standard InChI is InChI=1S/C14H18N2O5/c1-8(9(5-15)6-16)10-11(18-7-17-4)12-13(19-10)21-14(2,3)20-12/h10-13H,7H2,1-4H3/t10-,11+,12-,13-/m1/s1. The second-order valence-corrected chi connectivity index (χ2v) is 5.34. The molecule has 7 nitrogen and oxygen atoms in total. The van der Waals surface area contributed by atoms with Gasteiger partial charge in [0.2, 0.25) is 0 Å². The van der Waals surface area contributed by atoms with Gasteiger partial charge in [-0.15, -0.1) is 0 Å². The van der Waals surface area contributed by atoms with Crippen LogP contribution in [0.1, 0.15) is 20.8 Å². The summed E-state index contributed by atoms with van der Waals surface area (Å²) in [5.74, 6) is -0.764. The van der Waals surface area contributed by atoms with Crippen molar-refractivity contribution < 1.29 is 23.7 Å². The first kappa shape index (κ1) is 15.9. The molecule has 2 aliphatic rings. The molecule has 0 radical (unpaired) electrons. The molecule has 2 saturated heterocycles. The smallest absolute Gasteiger partial charge is 0.190 e. The van der Waals surface area contributed by atoms with E-state index in [1.165, 1.54) is 7.11 Å². The van der Waals surface area contributed by atoms with Crippen LogP contribution in [-0.2, 0) is 23.7 Å². The van der Waals surface area contributed by atoms with E-state index >= 15 is 0 Å². The minimum atomic E-state index is -0.764. The van der Waals surface area contributed by atoms with E-state index < -0.39 is 30.4 Å². The Bertz CT molecular complexity index is 500. The third-order valence-electron chi connectivity index (χ3n) is 3.41. The van der Waals surface area contributed by atoms with Crippen molar-refractivity contribution >= 4 is 0 Å². The zero-order valence-corrected chi connectivity index (χ0v) is 12.5. The van der Waals surface area contributed by atoms with Crippen molar-refractivity contribution in [1.82, 2.24) is 0 Å². The van der Waals surface area contributed by atoms with Gasteiger partial charge >= 0.3 is 0 Å². The molecule has 0 aromatic rings. The normalized spacial score (nSPS) is 33.0. The van der Waals surface area contributed by atoms with Gasteiger partial charge in [0.1, 0.15) is 42.8 Å². The van der Waals surface area contributed by atoms with Gasteiger partial charge in [-0.2, -0.15) is 10.5 Å². The van der Waals surface area contributed by atoms with Gasteiger partial charge in [0.25, 0.3) is 0 Å². The first-order chi connectivity index (χ1) is 9.93. The Kier molecular flexibility index (Phi) is 4.62. The van der Waals surface area contributed by atoms with E-state index in [1.807, 2.05) is 12.1 Å². The van der Waals surface area contributed by atoms with Gasteiger partial charge in [0, 0.05) is 7.11 Å². The highest BCUT2D eigenvalue weighted by molar-refractivity contribution is 5.41. The van der Waals surface area contributed by atoms with Gasteiger partial charge in [0.15, 0.2) is 12.1 Å². The molecule has 2 aliphatic heterocycles. The van der Waals surface area contributed by atoms with Crippen molar-refractivity contribution in [2.24, 2.45) is 0 Å². The second kappa shape index (κ2) is 6.10. The fourth-order valence-corrected chi connectivity index (χ4v) is 2.50. The van der Waals surface area contributed by atoms with Gasteiger partial charge < -0.3 is 23.7 Å². The van der Waals surface area contributed by atoms with Crippen LogP contribution < -0.4 is 0 Å². The van der Waals surface area contributed by atoms with Crippen LogP contribution in [0, 0.1) is 22.7 Å². The van der Waals surface area contributed by atoms with Crippen molar-refractivity contribution in [3.8, 4) is 12.1 Å². The molecule has 0 aliphatic carbocycles. The lowest BCUT2D eigenvalue weighted by molar-refractivity contribution is -0.219. The molecule has 0 aromatic carbocycles. The molecule has 21 heavy (non-hydrogen) atoms. The van der Waals surface area contributed by atoms with E-state index in [2.05, 4.69) is 0 Å². The quantitative estimate of drug-likeness (QED) is 0.568. The molecule has 4 atom stereocenters. The fourth-order valence-electron chi connectivity index (χ4n) is 2.50. The third kappa shape index (κ3) is 3.08. The predicted octanol–water partition coefficient (Wildman–Crippen LogP) is 1.22. The Labute approximate surface area is 123 Å². The third-order valence-corrected chi connectivity index (χ3v) is 3.41. The first-order valence-electron chi connectivity index (χ1n) is 6.56. The maximum atomic E-state index is 8.99. The van der Waals surface area contributed by atoms with Crippen LogP contribution in [-0.4, -0.2) is 44.3 Å². The number of rotatable bonds is 4. The van der Waals surface area contributed by atoms with Gasteiger partial charge in [-0.1, -0.05) is 0 Å². The van der Waals surface area contributed by atoms with Crippen LogP contribution in [0.2, 0.25) is 0 Å². The predicted molar refractivity (Wildman–Crippen MR) is 69.4 cm³/mol. The average molecular weight is 294 g/mol. The van der Waals surface area contributed by atoms with Crippen molar-refractivity contribution in [2.75, 3.05) is 13.9 Å². The van der Waals surface area contributed by atoms with E-state index in [4.69, 9.17) is 34.2 Å². The van der Waals surface area contributed by atoms with Crippen LogP contribution in [0.3, 0.4) is 0 Å². The van der Waals surface area contributed by atoms with E-state index in [-0.39, 0.29) is 12.4 Å². The summed E-state index contributed by atoms with van der Waals surface area (Å²) in [6.07, 6.45) is -2.12. The minimum absolute atomic E-state index is 0.00486. The number of nitrogens with zero attached hydrogens (tertiary/aromatic N) is 2. The van der Waals surface area contributed by atoms with E-state index in [9.17, 15) is 0 Å². The SMILES string of the molecule is COCO[C@@H]1[C@H]2OC(C)(C)O[C@H]2O[C@@H]1C(C)=C(C#N)C#N. The molecule has 0 unspecified atom stereocenters. The number of ether oxygens (including phenoxy) is 5. The number of hydrogen-bond donors (Lipinski definition) is 0. The number of allylic oxidation sites excluding steroid dienone is 1. The summed E-state index contributed by atoms with van der Waals surface area (Å²) in [6, 6.07) is 3.71. The van der Waals surface area contributed by atoms with E-state index in [0.717, 1.165) is 0 Å². The van der Waals surface area contributed by atoms with Gasteiger partial charge in [-0.05, 0) is 26.3 Å². The number of fused-ring (bicyclic) bond motifs is 1. The topological polar surface area (TPSA) is 93.7 Å². The summed E-state index contributed by atoms with van der Waals surface area (Å²) in [5.41, 5.74) is 0.505.